The van der Waals surface area contributed by atoms with E-state index in [4.69, 9.17) is 19.4 Å². The molecule has 0 unspecified atom stereocenters. The van der Waals surface area contributed by atoms with Crippen molar-refractivity contribution in [2.45, 2.75) is 77.0 Å². The van der Waals surface area contributed by atoms with Gasteiger partial charge in [0.25, 0.3) is 0 Å². The Morgan fingerprint density at radius 1 is 0.541 bits per heavy atom. The zero-order valence-corrected chi connectivity index (χ0v) is 43.5. The maximum absolute atomic E-state index is 9.52. The predicted octanol–water partition coefficient (Wildman–Crippen LogP) is 6.25. The van der Waals surface area contributed by atoms with Crippen molar-refractivity contribution in [2.75, 3.05) is 124 Å². The average molecular weight is 995 g/mol. The summed E-state index contributed by atoms with van der Waals surface area (Å²) in [6.07, 6.45) is 10.4. The van der Waals surface area contributed by atoms with Crippen LogP contribution in [0.3, 0.4) is 0 Å². The number of anilines is 4. The quantitative estimate of drug-likeness (QED) is 0.176. The summed E-state index contributed by atoms with van der Waals surface area (Å²) in [6.45, 7) is 23.9. The molecule has 16 nitrogen and oxygen atoms in total. The summed E-state index contributed by atoms with van der Waals surface area (Å²) in [5.74, 6) is 2.23. The van der Waals surface area contributed by atoms with E-state index in [-0.39, 0.29) is 24.4 Å². The molecule has 6 aliphatic heterocycles. The van der Waals surface area contributed by atoms with Crippen LogP contribution < -0.4 is 30.2 Å². The smallest absolute Gasteiger partial charge is 0.128 e. The van der Waals surface area contributed by atoms with E-state index >= 15 is 0 Å². The largest absolute Gasteiger partial charge is 0.370 e. The number of piperazine rings is 2. The highest BCUT2D eigenvalue weighted by atomic mass is 16.5. The highest BCUT2D eigenvalue weighted by Crippen LogP contribution is 2.33. The van der Waals surface area contributed by atoms with Crippen LogP contribution in [0.1, 0.15) is 73.2 Å². The van der Waals surface area contributed by atoms with Crippen LogP contribution in [-0.4, -0.2) is 159 Å². The number of aromatic nitrogens is 4. The fourth-order valence-electron chi connectivity index (χ4n) is 12.2. The Kier molecular flexibility index (Phi) is 14.9. The van der Waals surface area contributed by atoms with Gasteiger partial charge in [0.1, 0.15) is 23.8 Å². The van der Waals surface area contributed by atoms with Crippen molar-refractivity contribution >= 4 is 44.8 Å². The lowest BCUT2D eigenvalue weighted by atomic mass is 9.97. The van der Waals surface area contributed by atoms with E-state index < -0.39 is 0 Å². The van der Waals surface area contributed by atoms with Gasteiger partial charge in [-0.25, -0.2) is 9.97 Å². The van der Waals surface area contributed by atoms with Gasteiger partial charge in [0.15, 0.2) is 0 Å². The van der Waals surface area contributed by atoms with E-state index in [2.05, 4.69) is 139 Å². The molecule has 0 aliphatic carbocycles. The summed E-state index contributed by atoms with van der Waals surface area (Å²) in [5, 5.41) is 28.1. The molecule has 0 bridgehead atoms. The molecule has 2 N–H and O–H groups in total. The molecule has 4 saturated heterocycles. The first kappa shape index (κ1) is 49.7. The minimum atomic E-state index is 0.133. The number of pyridine rings is 4. The van der Waals surface area contributed by atoms with Crippen LogP contribution in [0.2, 0.25) is 0 Å². The van der Waals surface area contributed by atoms with Crippen molar-refractivity contribution in [1.29, 1.82) is 10.5 Å². The molecule has 12 rings (SSSR count). The lowest BCUT2D eigenvalue weighted by Crippen LogP contribution is -2.54. The Bertz CT molecular complexity index is 2830. The maximum Gasteiger partial charge on any atom is 0.128 e. The average Bonchev–Trinajstić information content (AvgIpc) is 3.42. The Hall–Kier alpha value is -6.50. The number of fused-ring (bicyclic) bond motifs is 4. The maximum atomic E-state index is 9.52. The normalized spacial score (nSPS) is 24.6. The lowest BCUT2D eigenvalue weighted by molar-refractivity contribution is -0.0329. The molecule has 6 aromatic rings. The zero-order chi connectivity index (χ0) is 50.7. The second-order valence-electron chi connectivity index (χ2n) is 21.1. The van der Waals surface area contributed by atoms with E-state index in [0.717, 1.165) is 162 Å². The number of benzene rings is 2. The van der Waals surface area contributed by atoms with Gasteiger partial charge in [-0.15, -0.1) is 0 Å². The van der Waals surface area contributed by atoms with Gasteiger partial charge in [0.2, 0.25) is 0 Å². The fraction of sp³-hybridized carbons (Fsp3) is 0.483. The molecular formula is C58H70N14O2. The van der Waals surface area contributed by atoms with Crippen LogP contribution in [0.4, 0.5) is 23.0 Å². The number of hydrogen-bond donors (Lipinski definition) is 2. The number of nitrogens with one attached hydrogen (secondary N) is 2. The predicted molar refractivity (Wildman–Crippen MR) is 292 cm³/mol. The number of hydrogen-bond acceptors (Lipinski definition) is 16. The number of rotatable bonds is 8. The zero-order valence-electron chi connectivity index (χ0n) is 43.5. The van der Waals surface area contributed by atoms with E-state index in [1.807, 2.05) is 24.3 Å². The van der Waals surface area contributed by atoms with Gasteiger partial charge in [-0.3, -0.25) is 19.8 Å². The van der Waals surface area contributed by atoms with Gasteiger partial charge in [-0.05, 0) is 137 Å². The van der Waals surface area contributed by atoms with Crippen molar-refractivity contribution in [1.82, 2.24) is 40.4 Å². The topological polar surface area (TPSA) is 161 Å². The van der Waals surface area contributed by atoms with Crippen LogP contribution in [0.5, 0.6) is 0 Å². The molecule has 4 fully saturated rings. The van der Waals surface area contributed by atoms with Gasteiger partial charge >= 0.3 is 0 Å². The lowest BCUT2D eigenvalue weighted by Gasteiger charge is -2.42. The van der Waals surface area contributed by atoms with Crippen LogP contribution in [0, 0.1) is 22.7 Å². The summed E-state index contributed by atoms with van der Waals surface area (Å²) in [6, 6.07) is 25.9. The second kappa shape index (κ2) is 22.1. The fourth-order valence-corrected chi connectivity index (χ4v) is 12.2. The second-order valence-corrected chi connectivity index (χ2v) is 21.1. The Morgan fingerprint density at radius 3 is 1.39 bits per heavy atom. The number of nitrogens with zero attached hydrogens (tertiary/aromatic N) is 12. The number of ether oxygens (including phenoxy) is 2. The molecule has 0 saturated carbocycles. The van der Waals surface area contributed by atoms with Crippen molar-refractivity contribution in [3.8, 4) is 12.1 Å². The van der Waals surface area contributed by atoms with Gasteiger partial charge in [-0.1, -0.05) is 0 Å². The first-order valence-electron chi connectivity index (χ1n) is 26.9. The third-order valence-electron chi connectivity index (χ3n) is 16.0. The summed E-state index contributed by atoms with van der Waals surface area (Å²) < 4.78 is 12.8. The Morgan fingerprint density at radius 2 is 0.973 bits per heavy atom. The molecule has 384 valence electrons. The first-order valence-corrected chi connectivity index (χ1v) is 26.9. The molecule has 0 spiro atoms. The van der Waals surface area contributed by atoms with Crippen LogP contribution >= 0.6 is 0 Å². The molecule has 6 atom stereocenters. The highest BCUT2D eigenvalue weighted by molar-refractivity contribution is 5.96. The molecule has 10 heterocycles. The van der Waals surface area contributed by atoms with Gasteiger partial charge in [0.05, 0.1) is 46.6 Å². The summed E-state index contributed by atoms with van der Waals surface area (Å²) in [5.41, 5.74) is 10.6. The first-order chi connectivity index (χ1) is 36.2. The summed E-state index contributed by atoms with van der Waals surface area (Å²) >= 11 is 0. The Labute approximate surface area is 435 Å². The molecule has 0 radical (unpaired) electrons. The van der Waals surface area contributed by atoms with Gasteiger partial charge < -0.3 is 39.7 Å². The van der Waals surface area contributed by atoms with E-state index in [9.17, 15) is 10.5 Å². The van der Waals surface area contributed by atoms with Crippen molar-refractivity contribution < 1.29 is 9.47 Å². The summed E-state index contributed by atoms with van der Waals surface area (Å²) in [4.78, 5) is 33.3. The molecular weight excluding hydrogens is 925 g/mol. The molecule has 74 heavy (non-hydrogen) atoms. The van der Waals surface area contributed by atoms with E-state index in [1.54, 1.807) is 12.4 Å². The third kappa shape index (κ3) is 10.7. The third-order valence-corrected chi connectivity index (χ3v) is 16.0. The van der Waals surface area contributed by atoms with Crippen molar-refractivity contribution in [3.05, 3.63) is 119 Å². The Balaban J connectivity index is 0.000000159. The summed E-state index contributed by atoms with van der Waals surface area (Å²) in [7, 11) is 0. The minimum absolute atomic E-state index is 0.133. The molecule has 6 aliphatic rings. The van der Waals surface area contributed by atoms with Crippen LogP contribution in [0.25, 0.3) is 21.8 Å². The van der Waals surface area contributed by atoms with E-state index in [0.29, 0.717) is 23.2 Å². The minimum Gasteiger partial charge on any atom is -0.370 e. The van der Waals surface area contributed by atoms with Crippen molar-refractivity contribution in [2.24, 2.45) is 0 Å². The van der Waals surface area contributed by atoms with Crippen LogP contribution in [-0.2, 0) is 22.3 Å². The molecule has 0 amide bonds. The van der Waals surface area contributed by atoms with Gasteiger partial charge in [0, 0.05) is 151 Å². The SMILES string of the molecule is C[C@@H]1CN(c2ccc(C#N)c3ncccc23)C[C@H](CN2CCN(c3cc4c(cn3)[C@@H](C)NCC4)CC2)O1.C[C@@H]1CN(c2ccc(C#N)c3ncccc23)C[C@H](CN2CCN(c3cc4c(cn3)[C@H](C)NCC4)CC2)O1. The molecule has 16 heteroatoms. The molecule has 4 aromatic heterocycles. The number of morpholine rings is 2. The van der Waals surface area contributed by atoms with Crippen molar-refractivity contribution in [3.63, 3.8) is 0 Å². The monoisotopic (exact) mass is 995 g/mol. The van der Waals surface area contributed by atoms with E-state index in [1.165, 1.54) is 22.3 Å². The number of nitriles is 2. The highest BCUT2D eigenvalue weighted by Gasteiger charge is 2.32. The standard InChI is InChI=1S/2C29H35N7O/c2*1-20-17-36(27-6-5-23(15-30)29-25(27)4-3-8-32-29)19-24(37-20)18-34-10-12-35(13-11-34)28-14-22-7-9-31-21(2)26(22)16-33-28/h2*3-6,8,14,16,20-21,24,31H,7,9-13,17-19H2,1-2H3/t20-,21+,24+;20-,21-,24+/m11/s1. The van der Waals surface area contributed by atoms with Crippen LogP contribution in [0.15, 0.2) is 85.5 Å². The van der Waals surface area contributed by atoms with Gasteiger partial charge in [-0.2, -0.15) is 10.5 Å². The molecule has 2 aromatic carbocycles.